The maximum Gasteiger partial charge on any atom is 0.312 e. The second-order valence-corrected chi connectivity index (χ2v) is 4.85. The van der Waals surface area contributed by atoms with Crippen molar-refractivity contribution in [1.29, 1.82) is 0 Å². The SMILES string of the molecule is C[C@@H]1[C@@H]2C[C@H]3OC(=O)[C@@]1(C)[C@H]3C2. The van der Waals surface area contributed by atoms with Gasteiger partial charge in [-0.25, -0.2) is 0 Å². The molecule has 0 aromatic rings. The molecule has 2 heteroatoms. The molecule has 1 heterocycles. The Bertz CT molecular complexity index is 261. The Hall–Kier alpha value is -0.530. The first-order valence-corrected chi connectivity index (χ1v) is 4.85. The molecule has 0 spiro atoms. The molecular weight excluding hydrogens is 152 g/mol. The number of ether oxygens (including phenoxy) is 1. The molecule has 2 aliphatic carbocycles. The van der Waals surface area contributed by atoms with E-state index in [4.69, 9.17) is 4.74 Å². The van der Waals surface area contributed by atoms with Gasteiger partial charge in [0.05, 0.1) is 5.41 Å². The molecule has 0 radical (unpaired) electrons. The highest BCUT2D eigenvalue weighted by Gasteiger charge is 2.67. The Kier molecular flexibility index (Phi) is 0.984. The van der Waals surface area contributed by atoms with Crippen molar-refractivity contribution < 1.29 is 9.53 Å². The summed E-state index contributed by atoms with van der Waals surface area (Å²) in [6, 6.07) is 0. The summed E-state index contributed by atoms with van der Waals surface area (Å²) in [5, 5.41) is 0. The average Bonchev–Trinajstić information content (AvgIpc) is 2.56. The lowest BCUT2D eigenvalue weighted by atomic mass is 9.69. The molecular formula is C10H14O2. The van der Waals surface area contributed by atoms with E-state index in [1.54, 1.807) is 0 Å². The normalized spacial score (nSPS) is 61.0. The first-order chi connectivity index (χ1) is 5.64. The van der Waals surface area contributed by atoms with Crippen LogP contribution in [0.25, 0.3) is 0 Å². The third kappa shape index (κ3) is 0.484. The van der Waals surface area contributed by atoms with Gasteiger partial charge < -0.3 is 4.74 Å². The maximum absolute atomic E-state index is 11.6. The third-order valence-corrected chi connectivity index (χ3v) is 4.66. The highest BCUT2D eigenvalue weighted by molar-refractivity contribution is 5.81. The first kappa shape index (κ1) is 6.93. The number of esters is 1. The highest BCUT2D eigenvalue weighted by Crippen LogP contribution is 2.64. The fourth-order valence-electron chi connectivity index (χ4n) is 3.64. The van der Waals surface area contributed by atoms with Crippen molar-refractivity contribution in [2.45, 2.75) is 32.8 Å². The summed E-state index contributed by atoms with van der Waals surface area (Å²) in [6.45, 7) is 4.32. The number of rotatable bonds is 0. The summed E-state index contributed by atoms with van der Waals surface area (Å²) in [6.07, 6.45) is 2.64. The highest BCUT2D eigenvalue weighted by atomic mass is 16.6. The van der Waals surface area contributed by atoms with Gasteiger partial charge in [0, 0.05) is 5.92 Å². The number of carbonyl (C=O) groups is 1. The Morgan fingerprint density at radius 3 is 2.83 bits per heavy atom. The topological polar surface area (TPSA) is 26.3 Å². The summed E-state index contributed by atoms with van der Waals surface area (Å²) >= 11 is 0. The van der Waals surface area contributed by atoms with Crippen molar-refractivity contribution >= 4 is 5.97 Å². The molecule has 0 N–H and O–H groups in total. The fraction of sp³-hybridized carbons (Fsp3) is 0.900. The summed E-state index contributed by atoms with van der Waals surface area (Å²) < 4.78 is 5.37. The van der Waals surface area contributed by atoms with E-state index in [1.165, 1.54) is 6.42 Å². The van der Waals surface area contributed by atoms with Gasteiger partial charge in [0.25, 0.3) is 0 Å². The molecule has 3 aliphatic rings. The maximum atomic E-state index is 11.6. The van der Waals surface area contributed by atoms with E-state index in [0.717, 1.165) is 12.3 Å². The van der Waals surface area contributed by atoms with Gasteiger partial charge in [0.15, 0.2) is 0 Å². The van der Waals surface area contributed by atoms with Gasteiger partial charge in [-0.05, 0) is 31.6 Å². The number of hydrogen-bond acceptors (Lipinski definition) is 2. The molecule has 0 aromatic carbocycles. The zero-order valence-electron chi connectivity index (χ0n) is 7.54. The minimum atomic E-state index is -0.117. The molecule has 3 fully saturated rings. The molecule has 1 saturated heterocycles. The largest absolute Gasteiger partial charge is 0.462 e. The van der Waals surface area contributed by atoms with Gasteiger partial charge in [0.2, 0.25) is 0 Å². The Morgan fingerprint density at radius 1 is 1.50 bits per heavy atom. The molecule has 66 valence electrons. The molecule has 2 nitrogen and oxygen atoms in total. The molecule has 2 bridgehead atoms. The van der Waals surface area contributed by atoms with Crippen LogP contribution in [-0.2, 0) is 9.53 Å². The van der Waals surface area contributed by atoms with E-state index in [9.17, 15) is 4.79 Å². The van der Waals surface area contributed by atoms with Crippen LogP contribution in [0.1, 0.15) is 26.7 Å². The summed E-state index contributed by atoms with van der Waals surface area (Å²) in [5.74, 6) is 1.93. The van der Waals surface area contributed by atoms with Crippen molar-refractivity contribution in [3.05, 3.63) is 0 Å². The van der Waals surface area contributed by atoms with E-state index in [0.29, 0.717) is 11.8 Å². The average molecular weight is 166 g/mol. The number of fused-ring (bicyclic) bond motifs is 1. The van der Waals surface area contributed by atoms with E-state index in [2.05, 4.69) is 13.8 Å². The third-order valence-electron chi connectivity index (χ3n) is 4.66. The Labute approximate surface area is 72.3 Å². The molecule has 12 heavy (non-hydrogen) atoms. The number of hydrogen-bond donors (Lipinski definition) is 0. The van der Waals surface area contributed by atoms with Crippen LogP contribution in [0, 0.1) is 23.2 Å². The van der Waals surface area contributed by atoms with E-state index in [1.807, 2.05) is 0 Å². The minimum absolute atomic E-state index is 0.0741. The predicted molar refractivity (Wildman–Crippen MR) is 43.4 cm³/mol. The van der Waals surface area contributed by atoms with E-state index >= 15 is 0 Å². The van der Waals surface area contributed by atoms with E-state index in [-0.39, 0.29) is 17.5 Å². The Balaban J connectivity index is 2.14. The van der Waals surface area contributed by atoms with Crippen LogP contribution in [0.2, 0.25) is 0 Å². The molecule has 0 unspecified atom stereocenters. The van der Waals surface area contributed by atoms with Gasteiger partial charge in [-0.2, -0.15) is 0 Å². The van der Waals surface area contributed by atoms with Crippen molar-refractivity contribution in [3.8, 4) is 0 Å². The molecule has 2 saturated carbocycles. The van der Waals surface area contributed by atoms with Crippen LogP contribution in [-0.4, -0.2) is 12.1 Å². The smallest absolute Gasteiger partial charge is 0.312 e. The van der Waals surface area contributed by atoms with Crippen LogP contribution >= 0.6 is 0 Å². The second-order valence-electron chi connectivity index (χ2n) is 4.85. The lowest BCUT2D eigenvalue weighted by Gasteiger charge is -2.29. The quantitative estimate of drug-likeness (QED) is 0.511. The van der Waals surface area contributed by atoms with E-state index < -0.39 is 0 Å². The van der Waals surface area contributed by atoms with Gasteiger partial charge in [-0.15, -0.1) is 0 Å². The van der Waals surface area contributed by atoms with Crippen LogP contribution in [0.3, 0.4) is 0 Å². The van der Waals surface area contributed by atoms with Gasteiger partial charge in [0.1, 0.15) is 6.10 Å². The van der Waals surface area contributed by atoms with Crippen molar-refractivity contribution in [2.75, 3.05) is 0 Å². The van der Waals surface area contributed by atoms with Crippen molar-refractivity contribution in [3.63, 3.8) is 0 Å². The van der Waals surface area contributed by atoms with Crippen molar-refractivity contribution in [2.24, 2.45) is 23.2 Å². The standard InChI is InChI=1S/C10H14O2/c1-5-6-3-7-8(4-6)12-9(11)10(5,7)2/h5-8H,3-4H2,1-2H3/t5-,6+,7+,8-,10-/m1/s1. The Morgan fingerprint density at radius 2 is 2.25 bits per heavy atom. The fourth-order valence-corrected chi connectivity index (χ4v) is 3.64. The van der Waals surface area contributed by atoms with Crippen LogP contribution < -0.4 is 0 Å². The predicted octanol–water partition coefficient (Wildman–Crippen LogP) is 1.59. The summed E-state index contributed by atoms with van der Waals surface area (Å²) in [4.78, 5) is 11.6. The van der Waals surface area contributed by atoms with Gasteiger partial charge in [-0.3, -0.25) is 4.79 Å². The minimum Gasteiger partial charge on any atom is -0.462 e. The lowest BCUT2D eigenvalue weighted by Crippen LogP contribution is -2.35. The lowest BCUT2D eigenvalue weighted by molar-refractivity contribution is -0.148. The van der Waals surface area contributed by atoms with Crippen LogP contribution in [0.5, 0.6) is 0 Å². The zero-order chi connectivity index (χ0) is 8.51. The molecule has 5 atom stereocenters. The monoisotopic (exact) mass is 166 g/mol. The zero-order valence-corrected chi connectivity index (χ0v) is 7.54. The van der Waals surface area contributed by atoms with Crippen LogP contribution in [0.15, 0.2) is 0 Å². The van der Waals surface area contributed by atoms with Crippen molar-refractivity contribution in [1.82, 2.24) is 0 Å². The first-order valence-electron chi connectivity index (χ1n) is 4.85. The molecule has 0 amide bonds. The van der Waals surface area contributed by atoms with Gasteiger partial charge in [-0.1, -0.05) is 6.92 Å². The number of carbonyl (C=O) groups excluding carboxylic acids is 1. The summed E-state index contributed by atoms with van der Waals surface area (Å²) in [7, 11) is 0. The molecule has 3 rings (SSSR count). The molecule has 1 aliphatic heterocycles. The molecule has 0 aromatic heterocycles. The van der Waals surface area contributed by atoms with Crippen LogP contribution in [0.4, 0.5) is 0 Å². The second kappa shape index (κ2) is 1.70. The van der Waals surface area contributed by atoms with Gasteiger partial charge >= 0.3 is 5.97 Å². The summed E-state index contributed by atoms with van der Waals surface area (Å²) in [5.41, 5.74) is -0.117.